The van der Waals surface area contributed by atoms with Gasteiger partial charge in [0.25, 0.3) is 0 Å². The summed E-state index contributed by atoms with van der Waals surface area (Å²) in [6, 6.07) is 14.8. The van der Waals surface area contributed by atoms with E-state index in [-0.39, 0.29) is 24.7 Å². The second kappa shape index (κ2) is 18.7. The highest BCUT2D eigenvalue weighted by molar-refractivity contribution is 6.74. The van der Waals surface area contributed by atoms with Gasteiger partial charge in [0.15, 0.2) is 11.9 Å². The number of hydrogen-bond acceptors (Lipinski definition) is 11. The average Bonchev–Trinajstić information content (AvgIpc) is 3.03. The van der Waals surface area contributed by atoms with E-state index in [1.807, 2.05) is 36.4 Å². The van der Waals surface area contributed by atoms with Crippen molar-refractivity contribution in [3.63, 3.8) is 0 Å². The lowest BCUT2D eigenvalue weighted by molar-refractivity contribution is -0.152. The van der Waals surface area contributed by atoms with Gasteiger partial charge in [-0.1, -0.05) is 32.9 Å². The number of carbonyl (C=O) groups excluding carboxylic acids is 1. The predicted octanol–water partition coefficient (Wildman–Crippen LogP) is 5.63. The number of rotatable bonds is 20. The fourth-order valence-corrected chi connectivity index (χ4v) is 5.13. The lowest BCUT2D eigenvalue weighted by atomic mass is 10.1. The smallest absolute Gasteiger partial charge is 0.335 e. The Bertz CT molecular complexity index is 1400. The largest absolute Gasteiger partial charge is 0.543 e. The molecule has 0 aliphatic rings. The predicted molar refractivity (Wildman–Crippen MR) is 181 cm³/mol. The summed E-state index contributed by atoms with van der Waals surface area (Å²) in [6.07, 6.45) is 0.335. The number of aliphatic hydroxyl groups excluding tert-OH is 1. The number of esters is 1. The standard InChI is InChI=1S/C35H50N2O9Si/c1-8-43-34(39)30(38)24-26-23-28(46-47(6,7)35(2,3)4)13-14-31(26)45-25-27-15-16-36-33(37-27)29-11-9-10-12-32(29)44-22-21-42-20-19-41-18-17-40-5/h9-16,23,30,38H,8,17-22,24-25H2,1-7H3/t30-/m1/s1. The molecule has 1 atom stereocenters. The highest BCUT2D eigenvalue weighted by Gasteiger charge is 2.39. The van der Waals surface area contributed by atoms with Crippen LogP contribution in [-0.2, 0) is 36.8 Å². The third-order valence-corrected chi connectivity index (χ3v) is 12.0. The summed E-state index contributed by atoms with van der Waals surface area (Å²) in [6.45, 7) is 15.6. The molecule has 0 fully saturated rings. The van der Waals surface area contributed by atoms with Crippen LogP contribution >= 0.6 is 0 Å². The molecule has 3 rings (SSSR count). The van der Waals surface area contributed by atoms with Crippen LogP contribution in [0.15, 0.2) is 54.7 Å². The van der Waals surface area contributed by atoms with Crippen molar-refractivity contribution in [1.82, 2.24) is 9.97 Å². The van der Waals surface area contributed by atoms with Gasteiger partial charge in [-0.2, -0.15) is 0 Å². The number of benzene rings is 2. The number of hydrogen-bond donors (Lipinski definition) is 1. The lowest BCUT2D eigenvalue weighted by Crippen LogP contribution is -2.43. The van der Waals surface area contributed by atoms with Crippen LogP contribution in [-0.4, -0.2) is 88.8 Å². The molecule has 1 heterocycles. The quantitative estimate of drug-likeness (QED) is 0.0913. The molecule has 0 unspecified atom stereocenters. The summed E-state index contributed by atoms with van der Waals surface area (Å²) in [4.78, 5) is 21.5. The van der Waals surface area contributed by atoms with Crippen LogP contribution in [0.2, 0.25) is 18.1 Å². The molecule has 258 valence electrons. The van der Waals surface area contributed by atoms with E-state index in [4.69, 9.17) is 37.8 Å². The van der Waals surface area contributed by atoms with E-state index in [1.165, 1.54) is 0 Å². The van der Waals surface area contributed by atoms with Crippen LogP contribution in [0.4, 0.5) is 0 Å². The van der Waals surface area contributed by atoms with Crippen LogP contribution in [0.1, 0.15) is 39.0 Å². The fourth-order valence-electron chi connectivity index (χ4n) is 4.11. The van der Waals surface area contributed by atoms with Crippen LogP contribution in [0.3, 0.4) is 0 Å². The molecular formula is C35H50N2O9Si. The minimum atomic E-state index is -2.13. The first-order valence-electron chi connectivity index (χ1n) is 15.9. The molecule has 2 aromatic carbocycles. The molecule has 0 radical (unpaired) electrons. The van der Waals surface area contributed by atoms with E-state index < -0.39 is 20.4 Å². The molecule has 11 nitrogen and oxygen atoms in total. The maximum Gasteiger partial charge on any atom is 0.335 e. The molecule has 1 N–H and O–H groups in total. The van der Waals surface area contributed by atoms with Gasteiger partial charge >= 0.3 is 5.97 Å². The first-order valence-corrected chi connectivity index (χ1v) is 18.8. The molecule has 0 saturated carbocycles. The molecule has 47 heavy (non-hydrogen) atoms. The third kappa shape index (κ3) is 12.2. The van der Waals surface area contributed by atoms with Crippen LogP contribution in [0.25, 0.3) is 11.4 Å². The Kier molecular flexibility index (Phi) is 15.1. The zero-order valence-electron chi connectivity index (χ0n) is 28.7. The van der Waals surface area contributed by atoms with Crippen molar-refractivity contribution < 1.29 is 42.7 Å². The van der Waals surface area contributed by atoms with Gasteiger partial charge in [0.2, 0.25) is 8.32 Å². The van der Waals surface area contributed by atoms with Crippen molar-refractivity contribution in [2.24, 2.45) is 0 Å². The van der Waals surface area contributed by atoms with Gasteiger partial charge in [-0.05, 0) is 61.5 Å². The first-order chi connectivity index (χ1) is 22.4. The molecule has 0 saturated heterocycles. The Balaban J connectivity index is 1.71. The van der Waals surface area contributed by atoms with E-state index in [0.29, 0.717) is 74.0 Å². The fraction of sp³-hybridized carbons (Fsp3) is 0.514. The molecule has 0 bridgehead atoms. The van der Waals surface area contributed by atoms with Gasteiger partial charge in [-0.25, -0.2) is 14.8 Å². The number of carbonyl (C=O) groups is 1. The van der Waals surface area contributed by atoms with E-state index in [2.05, 4.69) is 38.8 Å². The van der Waals surface area contributed by atoms with Crippen molar-refractivity contribution in [3.05, 3.63) is 66.0 Å². The molecule has 0 aliphatic heterocycles. The molecule has 12 heteroatoms. The molecule has 3 aromatic rings. The van der Waals surface area contributed by atoms with E-state index >= 15 is 0 Å². The van der Waals surface area contributed by atoms with Gasteiger partial charge in [0, 0.05) is 25.3 Å². The molecule has 0 amide bonds. The van der Waals surface area contributed by atoms with Crippen LogP contribution < -0.4 is 13.9 Å². The van der Waals surface area contributed by atoms with Crippen molar-refractivity contribution in [1.29, 1.82) is 0 Å². The third-order valence-electron chi connectivity index (χ3n) is 7.69. The lowest BCUT2D eigenvalue weighted by Gasteiger charge is -2.36. The van der Waals surface area contributed by atoms with Gasteiger partial charge in [0.05, 0.1) is 50.9 Å². The first kappa shape index (κ1) is 37.9. The van der Waals surface area contributed by atoms with Gasteiger partial charge in [0.1, 0.15) is 30.5 Å². The number of aliphatic hydroxyl groups is 1. The zero-order chi connectivity index (χ0) is 34.3. The summed E-state index contributed by atoms with van der Waals surface area (Å²) in [5.41, 5.74) is 2.00. The van der Waals surface area contributed by atoms with Crippen molar-refractivity contribution >= 4 is 14.3 Å². The maximum atomic E-state index is 12.3. The van der Waals surface area contributed by atoms with Crippen molar-refractivity contribution in [3.8, 4) is 28.6 Å². The highest BCUT2D eigenvalue weighted by Crippen LogP contribution is 2.38. The van der Waals surface area contributed by atoms with Crippen LogP contribution in [0.5, 0.6) is 17.2 Å². The summed E-state index contributed by atoms with van der Waals surface area (Å²) >= 11 is 0. The number of methoxy groups -OCH3 is 1. The van der Waals surface area contributed by atoms with E-state index in [9.17, 15) is 9.90 Å². The monoisotopic (exact) mass is 670 g/mol. The Morgan fingerprint density at radius 2 is 1.62 bits per heavy atom. The topological polar surface area (TPSA) is 128 Å². The minimum Gasteiger partial charge on any atom is -0.543 e. The summed E-state index contributed by atoms with van der Waals surface area (Å²) in [7, 11) is -0.499. The molecule has 0 spiro atoms. The van der Waals surface area contributed by atoms with E-state index in [0.717, 1.165) is 5.56 Å². The van der Waals surface area contributed by atoms with Gasteiger partial charge in [-0.3, -0.25) is 0 Å². The van der Waals surface area contributed by atoms with Crippen molar-refractivity contribution in [2.45, 2.75) is 65.0 Å². The van der Waals surface area contributed by atoms with Gasteiger partial charge in [-0.15, -0.1) is 0 Å². The molecular weight excluding hydrogens is 620 g/mol. The van der Waals surface area contributed by atoms with Crippen LogP contribution in [0, 0.1) is 0 Å². The summed E-state index contributed by atoms with van der Waals surface area (Å²) in [5, 5.41) is 10.6. The Morgan fingerprint density at radius 3 is 2.32 bits per heavy atom. The average molecular weight is 671 g/mol. The number of aromatic nitrogens is 2. The van der Waals surface area contributed by atoms with E-state index in [1.54, 1.807) is 32.4 Å². The zero-order valence-corrected chi connectivity index (χ0v) is 29.7. The molecule has 0 aliphatic carbocycles. The Labute approximate surface area is 279 Å². The number of para-hydroxylation sites is 1. The van der Waals surface area contributed by atoms with Gasteiger partial charge < -0.3 is 38.0 Å². The normalized spacial score (nSPS) is 12.4. The second-order valence-electron chi connectivity index (χ2n) is 12.3. The minimum absolute atomic E-state index is 0.00554. The maximum absolute atomic E-state index is 12.3. The Hall–Kier alpha value is -3.55. The number of nitrogens with zero attached hydrogens (tertiary/aromatic N) is 2. The summed E-state index contributed by atoms with van der Waals surface area (Å²) < 4.78 is 39.7. The SMILES string of the molecule is CCOC(=O)[C@H](O)Cc1cc(O[Si](C)(C)C(C)(C)C)ccc1OCc1ccnc(-c2ccccc2OCCOCCOCCOC)n1. The summed E-state index contributed by atoms with van der Waals surface area (Å²) in [5.74, 6) is 1.61. The Morgan fingerprint density at radius 1 is 0.915 bits per heavy atom. The number of ether oxygens (including phenoxy) is 6. The highest BCUT2D eigenvalue weighted by atomic mass is 28.4. The van der Waals surface area contributed by atoms with Crippen molar-refractivity contribution in [2.75, 3.05) is 53.4 Å². The second-order valence-corrected chi connectivity index (χ2v) is 17.1. The molecule has 1 aromatic heterocycles.